The molecule has 0 fully saturated rings. The van der Waals surface area contributed by atoms with Crippen LogP contribution in [0.3, 0.4) is 0 Å². The van der Waals surface area contributed by atoms with E-state index >= 15 is 0 Å². The summed E-state index contributed by atoms with van der Waals surface area (Å²) >= 11 is 0. The lowest BCUT2D eigenvalue weighted by molar-refractivity contribution is -0.148. The van der Waals surface area contributed by atoms with Crippen molar-refractivity contribution >= 4 is 30.8 Å². The fourth-order valence-electron chi connectivity index (χ4n) is 0. The molecule has 0 aromatic heterocycles. The van der Waals surface area contributed by atoms with Gasteiger partial charge < -0.3 is 25.3 Å². The van der Waals surface area contributed by atoms with Crippen molar-refractivity contribution in [2.75, 3.05) is 0 Å². The summed E-state index contributed by atoms with van der Waals surface area (Å²) in [5.74, 6) is -4.41. The van der Waals surface area contributed by atoms with E-state index in [0.29, 0.717) is 0 Å². The van der Waals surface area contributed by atoms with Gasteiger partial charge in [0.25, 0.3) is 0 Å². The lowest BCUT2D eigenvalue weighted by Crippen LogP contribution is -2.07. The Balaban J connectivity index is -0.000000162. The third-order valence-corrected chi connectivity index (χ3v) is 0.602. The number of carboxylic acid groups (broad SMARTS) is 2. The van der Waals surface area contributed by atoms with Gasteiger partial charge in [-0.15, -0.1) is 0 Å². The molecule has 92 valence electrons. The number of carbonyl (C=O) groups excluding carboxylic acids is 2. The van der Waals surface area contributed by atoms with Gasteiger partial charge in [0.1, 0.15) is 0 Å². The highest BCUT2D eigenvalue weighted by Gasteiger charge is 1.99. The molecule has 0 saturated heterocycles. The third-order valence-electron chi connectivity index (χ3n) is 0.602. The Morgan fingerprint density at radius 3 is 0.812 bits per heavy atom. The highest BCUT2D eigenvalue weighted by molar-refractivity contribution is 6.31. The van der Waals surface area contributed by atoms with Crippen molar-refractivity contribution in [3.8, 4) is 0 Å². The topological polar surface area (TPSA) is 169 Å². The first-order chi connectivity index (χ1) is 7.02. The maximum absolute atomic E-state index is 9.54. The van der Waals surface area contributed by atoms with Gasteiger partial charge in [-0.2, -0.15) is 0 Å². The maximum Gasteiger partial charge on any atom is 0.631 e. The molecule has 0 bridgehead atoms. The molecular weight excluding hydrogens is 227 g/mol. The van der Waals surface area contributed by atoms with Crippen LogP contribution in [-0.2, 0) is 19.2 Å². The van der Waals surface area contributed by atoms with Crippen LogP contribution in [0.4, 0.5) is 0 Å². The van der Waals surface area contributed by atoms with Crippen LogP contribution in [0.5, 0.6) is 0 Å². The van der Waals surface area contributed by atoms with Crippen LogP contribution in [0.1, 0.15) is 13.8 Å². The Labute approximate surface area is 90.1 Å². The second kappa shape index (κ2) is 11.3. The van der Waals surface area contributed by atoms with Crippen molar-refractivity contribution in [2.24, 2.45) is 0 Å². The summed E-state index contributed by atoms with van der Waals surface area (Å²) in [4.78, 5) is 37.8. The minimum absolute atomic E-state index is 0.824. The van der Waals surface area contributed by atoms with E-state index in [-0.39, 0.29) is 0 Å². The Kier molecular flexibility index (Phi) is 13.9. The summed E-state index contributed by atoms with van der Waals surface area (Å²) in [6, 6.07) is 0. The van der Waals surface area contributed by atoms with E-state index in [0.717, 1.165) is 13.8 Å². The van der Waals surface area contributed by atoms with Crippen molar-refractivity contribution < 1.29 is 44.5 Å². The highest BCUT2D eigenvalue weighted by Crippen LogP contribution is 1.62. The first-order valence-corrected chi connectivity index (χ1v) is 3.54. The van der Waals surface area contributed by atoms with E-state index in [4.69, 9.17) is 25.3 Å². The summed E-state index contributed by atoms with van der Waals surface area (Å²) in [7, 11) is -2.17. The van der Waals surface area contributed by atoms with Gasteiger partial charge in [0.2, 0.25) is 11.6 Å². The van der Waals surface area contributed by atoms with E-state index in [1.54, 1.807) is 0 Å². The van der Waals surface area contributed by atoms with Crippen molar-refractivity contribution in [1.29, 1.82) is 0 Å². The SMILES string of the molecule is CC(=O)C(=O)O.CC(=O)C(=O)O.OB(O)O. The molecule has 10 heteroatoms. The lowest BCUT2D eigenvalue weighted by Gasteiger charge is -1.73. The second-order valence-electron chi connectivity index (χ2n) is 2.07. The van der Waals surface area contributed by atoms with Gasteiger partial charge in [-0.05, 0) is 0 Å². The van der Waals surface area contributed by atoms with Crippen LogP contribution in [0, 0.1) is 0 Å². The van der Waals surface area contributed by atoms with E-state index in [2.05, 4.69) is 0 Å². The number of hydrogen-bond acceptors (Lipinski definition) is 7. The quantitative estimate of drug-likeness (QED) is 0.253. The van der Waals surface area contributed by atoms with Gasteiger partial charge >= 0.3 is 19.3 Å². The molecule has 0 aromatic rings. The van der Waals surface area contributed by atoms with Gasteiger partial charge in [-0.3, -0.25) is 9.59 Å². The zero-order chi connectivity index (χ0) is 13.9. The summed E-state index contributed by atoms with van der Waals surface area (Å²) in [6.45, 7) is 2.00. The van der Waals surface area contributed by atoms with E-state index in [9.17, 15) is 19.2 Å². The first-order valence-electron chi connectivity index (χ1n) is 3.54. The third kappa shape index (κ3) is 39.8. The summed E-state index contributed by atoms with van der Waals surface area (Å²) < 4.78 is 0. The molecule has 9 nitrogen and oxygen atoms in total. The van der Waals surface area contributed by atoms with E-state index in [1.165, 1.54) is 0 Å². The van der Waals surface area contributed by atoms with Crippen molar-refractivity contribution in [1.82, 2.24) is 0 Å². The molecule has 0 radical (unpaired) electrons. The summed E-state index contributed by atoms with van der Waals surface area (Å²) in [5.41, 5.74) is 0. The molecule has 0 heterocycles. The minimum atomic E-state index is -2.17. The average molecular weight is 238 g/mol. The van der Waals surface area contributed by atoms with Gasteiger partial charge in [-0.1, -0.05) is 0 Å². The molecule has 0 aromatic carbocycles. The van der Waals surface area contributed by atoms with Crippen LogP contribution in [0.15, 0.2) is 0 Å². The van der Waals surface area contributed by atoms with Crippen LogP contribution >= 0.6 is 0 Å². The zero-order valence-corrected chi connectivity index (χ0v) is 8.45. The van der Waals surface area contributed by atoms with Crippen LogP contribution in [0.25, 0.3) is 0 Å². The maximum atomic E-state index is 9.54. The second-order valence-corrected chi connectivity index (χ2v) is 2.07. The van der Waals surface area contributed by atoms with Crippen molar-refractivity contribution in [3.63, 3.8) is 0 Å². The molecule has 0 saturated carbocycles. The predicted molar refractivity (Wildman–Crippen MR) is 49.0 cm³/mol. The highest BCUT2D eigenvalue weighted by atomic mass is 16.5. The molecule has 0 aliphatic carbocycles. The standard InChI is InChI=1S/2C3H4O3.BH3O3/c2*1-2(4)3(5)6;2-1(3)4/h2*1H3,(H,5,6);2-4H. The summed E-state index contributed by atoms with van der Waals surface area (Å²) in [5, 5.41) is 36.8. The molecule has 0 spiro atoms. The Morgan fingerprint density at radius 2 is 0.812 bits per heavy atom. The van der Waals surface area contributed by atoms with Crippen LogP contribution < -0.4 is 0 Å². The number of carbonyl (C=O) groups is 4. The largest absolute Gasteiger partial charge is 0.631 e. The molecule has 16 heavy (non-hydrogen) atoms. The summed E-state index contributed by atoms with van der Waals surface area (Å²) in [6.07, 6.45) is 0. The zero-order valence-electron chi connectivity index (χ0n) is 8.45. The van der Waals surface area contributed by atoms with Crippen molar-refractivity contribution in [2.45, 2.75) is 13.8 Å². The molecule has 0 atom stereocenters. The van der Waals surface area contributed by atoms with Crippen LogP contribution in [-0.4, -0.2) is 56.1 Å². The lowest BCUT2D eigenvalue weighted by atomic mass is 10.3. The number of rotatable bonds is 2. The normalized spacial score (nSPS) is 7.31. The molecule has 0 aliphatic rings. The average Bonchev–Trinajstić information content (AvgIpc) is 2.03. The van der Waals surface area contributed by atoms with Crippen molar-refractivity contribution in [3.05, 3.63) is 0 Å². The smallest absolute Gasteiger partial charge is 0.476 e. The molecule has 0 unspecified atom stereocenters. The Morgan fingerprint density at radius 1 is 0.750 bits per heavy atom. The van der Waals surface area contributed by atoms with E-state index in [1.807, 2.05) is 0 Å². The fourth-order valence-corrected chi connectivity index (χ4v) is 0. The molecule has 0 aliphatic heterocycles. The Hall–Kier alpha value is -1.78. The first kappa shape index (κ1) is 19.7. The van der Waals surface area contributed by atoms with Crippen LogP contribution in [0.2, 0.25) is 0 Å². The molecule has 0 rings (SSSR count). The molecule has 5 N–H and O–H groups in total. The molecule has 0 amide bonds. The number of hydrogen-bond donors (Lipinski definition) is 5. The predicted octanol–water partition coefficient (Wildman–Crippen LogP) is -2.73. The molecular formula is C6H11BO9. The number of carboxylic acids is 2. The van der Waals surface area contributed by atoms with E-state index < -0.39 is 30.8 Å². The number of ketones is 2. The van der Waals surface area contributed by atoms with Gasteiger partial charge in [0.05, 0.1) is 0 Å². The fraction of sp³-hybridized carbons (Fsp3) is 0.333. The minimum Gasteiger partial charge on any atom is -0.476 e. The van der Waals surface area contributed by atoms with Gasteiger partial charge in [-0.25, -0.2) is 9.59 Å². The van der Waals surface area contributed by atoms with Gasteiger partial charge in [0, 0.05) is 13.8 Å². The number of Topliss-reactive ketones (excluding diaryl/α,β-unsaturated/α-hetero) is 2. The Bertz CT molecular complexity index is 208. The monoisotopic (exact) mass is 238 g/mol. The van der Waals surface area contributed by atoms with Gasteiger partial charge in [0.15, 0.2) is 0 Å². The number of aliphatic carboxylic acids is 2.